The van der Waals surface area contributed by atoms with Crippen LogP contribution in [-0.4, -0.2) is 48.3 Å². The Balaban J connectivity index is 1.57. The van der Waals surface area contributed by atoms with Crippen LogP contribution in [0.3, 0.4) is 0 Å². The lowest BCUT2D eigenvalue weighted by atomic mass is 10.1. The summed E-state index contributed by atoms with van der Waals surface area (Å²) in [5, 5.41) is 7.58. The predicted molar refractivity (Wildman–Crippen MR) is 141 cm³/mol. The number of aromatic nitrogens is 2. The van der Waals surface area contributed by atoms with Gasteiger partial charge in [0.1, 0.15) is 17.3 Å². The van der Waals surface area contributed by atoms with Crippen LogP contribution in [0.5, 0.6) is 11.5 Å². The smallest absolute Gasteiger partial charge is 0.263 e. The summed E-state index contributed by atoms with van der Waals surface area (Å²) in [6.45, 7) is 9.74. The molecule has 1 amide bonds. The molecule has 8 nitrogen and oxygen atoms in total. The molecular weight excluding hydrogens is 478 g/mol. The molecule has 0 aliphatic carbocycles. The van der Waals surface area contributed by atoms with E-state index in [9.17, 15) is 13.2 Å². The number of carbonyl (C=O) groups is 1. The van der Waals surface area contributed by atoms with E-state index in [4.69, 9.17) is 14.6 Å². The van der Waals surface area contributed by atoms with Gasteiger partial charge in [-0.1, -0.05) is 6.07 Å². The normalized spacial score (nSPS) is 16.8. The van der Waals surface area contributed by atoms with Crippen molar-refractivity contribution in [3.8, 4) is 22.8 Å². The third kappa shape index (κ3) is 6.07. The van der Waals surface area contributed by atoms with Crippen molar-refractivity contribution in [2.45, 2.75) is 53.2 Å². The topological polar surface area (TPSA) is 99.5 Å². The molecule has 1 aromatic heterocycles. The third-order valence-electron chi connectivity index (χ3n) is 6.24. The molecule has 1 aliphatic heterocycles. The molecule has 3 aromatic rings. The van der Waals surface area contributed by atoms with Crippen molar-refractivity contribution in [3.05, 3.63) is 59.2 Å². The number of rotatable bonds is 8. The van der Waals surface area contributed by atoms with Gasteiger partial charge in [0.25, 0.3) is 5.91 Å². The third-order valence-corrected chi connectivity index (χ3v) is 7.99. The highest BCUT2D eigenvalue weighted by Crippen LogP contribution is 2.32. The summed E-state index contributed by atoms with van der Waals surface area (Å²) < 4.78 is 37.4. The van der Waals surface area contributed by atoms with E-state index in [1.54, 1.807) is 10.7 Å². The molecule has 0 bridgehead atoms. The average Bonchev–Trinajstić information content (AvgIpc) is 3.38. The highest BCUT2D eigenvalue weighted by molar-refractivity contribution is 7.91. The number of benzene rings is 2. The SMILES string of the molecule is Cc1ccc(OCC(=O)Nc2cc(-c3ccc(OC(C)C)c(C)c3)nn2C2CCS(=O)(=O)C2)cc1C. The summed E-state index contributed by atoms with van der Waals surface area (Å²) in [6.07, 6.45) is 0.511. The molecule has 192 valence electrons. The maximum atomic E-state index is 12.8. The van der Waals surface area contributed by atoms with Gasteiger partial charge in [-0.15, -0.1) is 0 Å². The lowest BCUT2D eigenvalue weighted by molar-refractivity contribution is -0.118. The van der Waals surface area contributed by atoms with Crippen LogP contribution in [0.25, 0.3) is 11.3 Å². The number of carbonyl (C=O) groups excluding carboxylic acids is 1. The Morgan fingerprint density at radius 2 is 1.86 bits per heavy atom. The van der Waals surface area contributed by atoms with Crippen molar-refractivity contribution in [2.24, 2.45) is 0 Å². The zero-order valence-electron chi connectivity index (χ0n) is 21.4. The Kier molecular flexibility index (Phi) is 7.40. The molecule has 2 heterocycles. The van der Waals surface area contributed by atoms with Gasteiger partial charge in [0, 0.05) is 11.6 Å². The zero-order valence-corrected chi connectivity index (χ0v) is 22.2. The molecule has 9 heteroatoms. The van der Waals surface area contributed by atoms with Crippen LogP contribution >= 0.6 is 0 Å². The fourth-order valence-electron chi connectivity index (χ4n) is 4.20. The first-order valence-electron chi connectivity index (χ1n) is 12.1. The highest BCUT2D eigenvalue weighted by atomic mass is 32.2. The summed E-state index contributed by atoms with van der Waals surface area (Å²) in [5.41, 5.74) is 4.69. The second-order valence-electron chi connectivity index (χ2n) is 9.65. The molecule has 0 radical (unpaired) electrons. The number of amides is 1. The van der Waals surface area contributed by atoms with Gasteiger partial charge in [-0.05, 0) is 88.1 Å². The number of anilines is 1. The van der Waals surface area contributed by atoms with Crippen LogP contribution in [0, 0.1) is 20.8 Å². The van der Waals surface area contributed by atoms with Gasteiger partial charge in [0.15, 0.2) is 16.4 Å². The number of hydrogen-bond acceptors (Lipinski definition) is 6. The molecule has 1 atom stereocenters. The molecule has 1 fully saturated rings. The maximum absolute atomic E-state index is 12.8. The van der Waals surface area contributed by atoms with Gasteiger partial charge < -0.3 is 14.8 Å². The number of nitrogens with one attached hydrogen (secondary N) is 1. The van der Waals surface area contributed by atoms with Gasteiger partial charge in [0.05, 0.1) is 29.3 Å². The molecule has 1 aliphatic rings. The largest absolute Gasteiger partial charge is 0.491 e. The first-order chi connectivity index (χ1) is 17.0. The van der Waals surface area contributed by atoms with Crippen LogP contribution in [0.1, 0.15) is 43.0 Å². The van der Waals surface area contributed by atoms with E-state index >= 15 is 0 Å². The fourth-order valence-corrected chi connectivity index (χ4v) is 5.89. The number of ether oxygens (including phenoxy) is 2. The van der Waals surface area contributed by atoms with E-state index in [0.717, 1.165) is 28.0 Å². The van der Waals surface area contributed by atoms with Gasteiger partial charge in [-0.25, -0.2) is 13.1 Å². The molecule has 0 saturated carbocycles. The van der Waals surface area contributed by atoms with Crippen molar-refractivity contribution < 1.29 is 22.7 Å². The van der Waals surface area contributed by atoms with E-state index in [0.29, 0.717) is 23.7 Å². The second-order valence-corrected chi connectivity index (χ2v) is 11.9. The molecule has 0 spiro atoms. The van der Waals surface area contributed by atoms with Crippen LogP contribution in [0.4, 0.5) is 5.82 Å². The highest BCUT2D eigenvalue weighted by Gasteiger charge is 2.32. The van der Waals surface area contributed by atoms with Gasteiger partial charge in [0.2, 0.25) is 0 Å². The Bertz CT molecular complexity index is 1380. The molecule has 1 N–H and O–H groups in total. The monoisotopic (exact) mass is 511 g/mol. The van der Waals surface area contributed by atoms with Crippen LogP contribution in [0.15, 0.2) is 42.5 Å². The van der Waals surface area contributed by atoms with Crippen molar-refractivity contribution in [3.63, 3.8) is 0 Å². The lowest BCUT2D eigenvalue weighted by Gasteiger charge is -2.14. The van der Waals surface area contributed by atoms with Crippen molar-refractivity contribution in [1.82, 2.24) is 9.78 Å². The van der Waals surface area contributed by atoms with Crippen molar-refractivity contribution in [2.75, 3.05) is 23.4 Å². The number of hydrogen-bond donors (Lipinski definition) is 1. The van der Waals surface area contributed by atoms with Gasteiger partial charge in [-0.2, -0.15) is 5.10 Å². The lowest BCUT2D eigenvalue weighted by Crippen LogP contribution is -2.23. The Morgan fingerprint density at radius 1 is 1.08 bits per heavy atom. The maximum Gasteiger partial charge on any atom is 0.263 e. The number of aryl methyl sites for hydroxylation is 3. The predicted octanol–water partition coefficient (Wildman–Crippen LogP) is 4.64. The zero-order chi connectivity index (χ0) is 26.0. The van der Waals surface area contributed by atoms with Crippen molar-refractivity contribution in [1.29, 1.82) is 0 Å². The number of sulfone groups is 1. The number of nitrogens with zero attached hydrogens (tertiary/aromatic N) is 2. The van der Waals surface area contributed by atoms with Gasteiger partial charge >= 0.3 is 0 Å². The molecule has 2 aromatic carbocycles. The standard InChI is InChI=1S/C27H33N3O5S/c1-17(2)35-25-9-7-21(12-20(25)5)24-14-26(30(29-24)22-10-11-36(32,33)16-22)28-27(31)15-34-23-8-6-18(3)19(4)13-23/h6-9,12-14,17,22H,10-11,15-16H2,1-5H3,(H,28,31). The summed E-state index contributed by atoms with van der Waals surface area (Å²) in [7, 11) is -3.14. The summed E-state index contributed by atoms with van der Waals surface area (Å²) in [4.78, 5) is 12.8. The van der Waals surface area contributed by atoms with Crippen LogP contribution in [-0.2, 0) is 14.6 Å². The first-order valence-corrected chi connectivity index (χ1v) is 13.9. The summed E-state index contributed by atoms with van der Waals surface area (Å²) in [5.74, 6) is 1.61. The Hall–Kier alpha value is -3.33. The van der Waals surface area contributed by atoms with Crippen LogP contribution in [0.2, 0.25) is 0 Å². The van der Waals surface area contributed by atoms with Crippen LogP contribution < -0.4 is 14.8 Å². The van der Waals surface area contributed by atoms with E-state index in [1.807, 2.05) is 71.0 Å². The van der Waals surface area contributed by atoms with Gasteiger partial charge in [-0.3, -0.25) is 4.79 Å². The van der Waals surface area contributed by atoms with E-state index in [-0.39, 0.29) is 36.2 Å². The van der Waals surface area contributed by atoms with E-state index in [1.165, 1.54) is 0 Å². The summed E-state index contributed by atoms with van der Waals surface area (Å²) in [6, 6.07) is 12.9. The minimum Gasteiger partial charge on any atom is -0.491 e. The molecule has 36 heavy (non-hydrogen) atoms. The molecule has 1 saturated heterocycles. The minimum absolute atomic E-state index is 0.00364. The minimum atomic E-state index is -3.14. The second kappa shape index (κ2) is 10.3. The van der Waals surface area contributed by atoms with E-state index in [2.05, 4.69) is 5.32 Å². The molecule has 4 rings (SSSR count). The Morgan fingerprint density at radius 3 is 2.50 bits per heavy atom. The average molecular weight is 512 g/mol. The first kappa shape index (κ1) is 25.8. The van der Waals surface area contributed by atoms with E-state index < -0.39 is 9.84 Å². The Labute approximate surface area is 212 Å². The molecule has 1 unspecified atom stereocenters. The quantitative estimate of drug-likeness (QED) is 0.473. The fraction of sp³-hybridized carbons (Fsp3) is 0.407. The summed E-state index contributed by atoms with van der Waals surface area (Å²) >= 11 is 0. The molecular formula is C27H33N3O5S. The van der Waals surface area contributed by atoms with Crippen molar-refractivity contribution >= 4 is 21.6 Å².